The van der Waals surface area contributed by atoms with E-state index < -0.39 is 0 Å². The molecular weight excluding hydrogens is 204 g/mol. The molecule has 1 fully saturated rings. The molecule has 90 valence electrons. The monoisotopic (exact) mass is 230 g/mol. The molecule has 1 aliphatic rings. The Bertz CT molecular complexity index is 156. The molecule has 0 heterocycles. The van der Waals surface area contributed by atoms with E-state index in [0.29, 0.717) is 0 Å². The third-order valence-electron chi connectivity index (χ3n) is 3.03. The molecule has 0 amide bonds. The van der Waals surface area contributed by atoms with Crippen molar-refractivity contribution in [2.24, 2.45) is 5.92 Å². The van der Waals surface area contributed by atoms with Gasteiger partial charge in [0.1, 0.15) is 0 Å². The molecule has 0 aromatic carbocycles. The van der Waals surface area contributed by atoms with Gasteiger partial charge < -0.3 is 10.2 Å². The van der Waals surface area contributed by atoms with Crippen LogP contribution >= 0.6 is 11.8 Å². The molecule has 1 aliphatic carbocycles. The van der Waals surface area contributed by atoms with Gasteiger partial charge in [-0.1, -0.05) is 6.92 Å². The lowest BCUT2D eigenvalue weighted by atomic mass is 10.1. The van der Waals surface area contributed by atoms with Crippen molar-refractivity contribution in [3.8, 4) is 0 Å². The van der Waals surface area contributed by atoms with Crippen molar-refractivity contribution in [1.82, 2.24) is 10.2 Å². The standard InChI is InChI=1S/C12H26N2S/c1-4-15-9-5-8-13-10-12(14(2)3)11-6-7-11/h11-13H,4-10H2,1-3H3. The van der Waals surface area contributed by atoms with Crippen molar-refractivity contribution in [2.75, 3.05) is 38.7 Å². The van der Waals surface area contributed by atoms with Crippen LogP contribution in [-0.2, 0) is 0 Å². The van der Waals surface area contributed by atoms with Crippen molar-refractivity contribution in [3.05, 3.63) is 0 Å². The number of likely N-dealkylation sites (N-methyl/N-ethyl adjacent to an activating group) is 1. The highest BCUT2D eigenvalue weighted by Gasteiger charge is 2.31. The van der Waals surface area contributed by atoms with Crippen LogP contribution in [0.5, 0.6) is 0 Å². The first kappa shape index (κ1) is 13.3. The number of thioether (sulfide) groups is 1. The topological polar surface area (TPSA) is 15.3 Å². The van der Waals surface area contributed by atoms with Crippen molar-refractivity contribution in [1.29, 1.82) is 0 Å². The van der Waals surface area contributed by atoms with E-state index in [1.54, 1.807) is 0 Å². The molecular formula is C12H26N2S. The number of nitrogens with one attached hydrogen (secondary N) is 1. The summed E-state index contributed by atoms with van der Waals surface area (Å²) >= 11 is 2.04. The van der Waals surface area contributed by atoms with Gasteiger partial charge in [-0.05, 0) is 57.3 Å². The summed E-state index contributed by atoms with van der Waals surface area (Å²) in [6.07, 6.45) is 4.19. The molecule has 1 unspecified atom stereocenters. The van der Waals surface area contributed by atoms with Gasteiger partial charge in [0.2, 0.25) is 0 Å². The molecule has 1 atom stereocenters. The molecule has 0 radical (unpaired) electrons. The SMILES string of the molecule is CCSCCCNCC(C1CC1)N(C)C. The lowest BCUT2D eigenvalue weighted by molar-refractivity contribution is 0.256. The van der Waals surface area contributed by atoms with Crippen LogP contribution in [-0.4, -0.2) is 49.6 Å². The van der Waals surface area contributed by atoms with E-state index in [4.69, 9.17) is 0 Å². The van der Waals surface area contributed by atoms with Crippen LogP contribution in [0, 0.1) is 5.92 Å². The first-order valence-electron chi connectivity index (χ1n) is 6.20. The Morgan fingerprint density at radius 2 is 2.13 bits per heavy atom. The average Bonchev–Trinajstić information content (AvgIpc) is 3.00. The Morgan fingerprint density at radius 3 is 2.67 bits per heavy atom. The number of nitrogens with zero attached hydrogens (tertiary/aromatic N) is 1. The van der Waals surface area contributed by atoms with E-state index in [0.717, 1.165) is 12.0 Å². The Hall–Kier alpha value is 0.270. The van der Waals surface area contributed by atoms with Gasteiger partial charge >= 0.3 is 0 Å². The van der Waals surface area contributed by atoms with Crippen molar-refractivity contribution in [3.63, 3.8) is 0 Å². The van der Waals surface area contributed by atoms with E-state index in [1.165, 1.54) is 43.9 Å². The highest BCUT2D eigenvalue weighted by molar-refractivity contribution is 7.99. The zero-order valence-electron chi connectivity index (χ0n) is 10.5. The summed E-state index contributed by atoms with van der Waals surface area (Å²) in [5.41, 5.74) is 0. The first-order chi connectivity index (χ1) is 7.25. The third-order valence-corrected chi connectivity index (χ3v) is 4.01. The zero-order valence-corrected chi connectivity index (χ0v) is 11.3. The fourth-order valence-corrected chi connectivity index (χ4v) is 2.58. The summed E-state index contributed by atoms with van der Waals surface area (Å²) in [6.45, 7) is 4.59. The second-order valence-corrected chi connectivity index (χ2v) is 6.02. The van der Waals surface area contributed by atoms with E-state index >= 15 is 0 Å². The van der Waals surface area contributed by atoms with Gasteiger partial charge in [0, 0.05) is 12.6 Å². The predicted octanol–water partition coefficient (Wildman–Crippen LogP) is 2.06. The molecule has 0 spiro atoms. The molecule has 0 aromatic heterocycles. The second kappa shape index (κ2) is 7.53. The highest BCUT2D eigenvalue weighted by Crippen LogP contribution is 2.34. The molecule has 0 aliphatic heterocycles. The van der Waals surface area contributed by atoms with Crippen LogP contribution < -0.4 is 5.32 Å². The summed E-state index contributed by atoms with van der Waals surface area (Å²) in [5.74, 6) is 3.53. The molecule has 2 nitrogen and oxygen atoms in total. The van der Waals surface area contributed by atoms with Crippen LogP contribution in [0.25, 0.3) is 0 Å². The van der Waals surface area contributed by atoms with Crippen LogP contribution in [0.3, 0.4) is 0 Å². The maximum Gasteiger partial charge on any atom is 0.0242 e. The molecule has 0 bridgehead atoms. The molecule has 15 heavy (non-hydrogen) atoms. The molecule has 0 aromatic rings. The minimum absolute atomic E-state index is 0.767. The van der Waals surface area contributed by atoms with Gasteiger partial charge in [-0.3, -0.25) is 0 Å². The largest absolute Gasteiger partial charge is 0.315 e. The lowest BCUT2D eigenvalue weighted by Gasteiger charge is -2.24. The van der Waals surface area contributed by atoms with E-state index in [1.807, 2.05) is 11.8 Å². The maximum atomic E-state index is 3.59. The minimum atomic E-state index is 0.767. The van der Waals surface area contributed by atoms with Crippen molar-refractivity contribution in [2.45, 2.75) is 32.2 Å². The predicted molar refractivity (Wildman–Crippen MR) is 70.7 cm³/mol. The van der Waals surface area contributed by atoms with E-state index in [-0.39, 0.29) is 0 Å². The summed E-state index contributed by atoms with van der Waals surface area (Å²) in [7, 11) is 4.41. The lowest BCUT2D eigenvalue weighted by Crippen LogP contribution is -2.39. The summed E-state index contributed by atoms with van der Waals surface area (Å²) in [4.78, 5) is 2.38. The maximum absolute atomic E-state index is 3.59. The Labute approximate surface area is 99.2 Å². The van der Waals surface area contributed by atoms with Crippen molar-refractivity contribution < 1.29 is 0 Å². The van der Waals surface area contributed by atoms with Crippen LogP contribution in [0.4, 0.5) is 0 Å². The molecule has 0 saturated heterocycles. The smallest absolute Gasteiger partial charge is 0.0242 e. The molecule has 1 N–H and O–H groups in total. The quantitative estimate of drug-likeness (QED) is 0.610. The molecule has 1 saturated carbocycles. The number of rotatable bonds is 9. The third kappa shape index (κ3) is 5.79. The average molecular weight is 230 g/mol. The zero-order chi connectivity index (χ0) is 11.1. The van der Waals surface area contributed by atoms with Gasteiger partial charge in [-0.2, -0.15) is 11.8 Å². The normalized spacial score (nSPS) is 18.4. The van der Waals surface area contributed by atoms with Crippen LogP contribution in [0.2, 0.25) is 0 Å². The highest BCUT2D eigenvalue weighted by atomic mass is 32.2. The number of hydrogen-bond donors (Lipinski definition) is 1. The second-order valence-electron chi connectivity index (χ2n) is 4.62. The summed E-state index contributed by atoms with van der Waals surface area (Å²) in [6, 6.07) is 0.767. The van der Waals surface area contributed by atoms with Gasteiger partial charge in [0.15, 0.2) is 0 Å². The number of hydrogen-bond acceptors (Lipinski definition) is 3. The Morgan fingerprint density at radius 1 is 1.40 bits per heavy atom. The fourth-order valence-electron chi connectivity index (χ4n) is 1.95. The molecule has 1 rings (SSSR count). The van der Waals surface area contributed by atoms with E-state index in [2.05, 4.69) is 31.2 Å². The first-order valence-corrected chi connectivity index (χ1v) is 7.36. The Kier molecular flexibility index (Phi) is 6.69. The summed E-state index contributed by atoms with van der Waals surface area (Å²) in [5, 5.41) is 3.59. The van der Waals surface area contributed by atoms with Gasteiger partial charge in [0.05, 0.1) is 0 Å². The van der Waals surface area contributed by atoms with Crippen LogP contribution in [0.15, 0.2) is 0 Å². The van der Waals surface area contributed by atoms with Crippen molar-refractivity contribution >= 4 is 11.8 Å². The van der Waals surface area contributed by atoms with E-state index in [9.17, 15) is 0 Å². The summed E-state index contributed by atoms with van der Waals surface area (Å²) < 4.78 is 0. The van der Waals surface area contributed by atoms with Gasteiger partial charge in [-0.25, -0.2) is 0 Å². The molecule has 3 heteroatoms. The van der Waals surface area contributed by atoms with Crippen LogP contribution in [0.1, 0.15) is 26.2 Å². The minimum Gasteiger partial charge on any atom is -0.315 e. The Balaban J connectivity index is 1.97. The van der Waals surface area contributed by atoms with Gasteiger partial charge in [0.25, 0.3) is 0 Å². The fraction of sp³-hybridized carbons (Fsp3) is 1.00. The van der Waals surface area contributed by atoms with Gasteiger partial charge in [-0.15, -0.1) is 0 Å².